The zero-order valence-corrected chi connectivity index (χ0v) is 13.8. The molecule has 0 bridgehead atoms. The topological polar surface area (TPSA) is 53.6 Å². The Bertz CT molecular complexity index is 485. The van der Waals surface area contributed by atoms with Gasteiger partial charge in [-0.05, 0) is 24.5 Å². The maximum atomic E-state index is 12.1. The van der Waals surface area contributed by atoms with E-state index in [2.05, 4.69) is 35.4 Å². The smallest absolute Gasteiger partial charge is 0.319 e. The number of urea groups is 1. The summed E-state index contributed by atoms with van der Waals surface area (Å²) in [7, 11) is 0. The van der Waals surface area contributed by atoms with E-state index in [1.165, 1.54) is 0 Å². The second kappa shape index (κ2) is 8.15. The lowest BCUT2D eigenvalue weighted by molar-refractivity contribution is 0.0343. The third kappa shape index (κ3) is 5.00. The zero-order valence-electron chi connectivity index (χ0n) is 13.8. The molecule has 0 saturated carbocycles. The van der Waals surface area contributed by atoms with Gasteiger partial charge in [0.25, 0.3) is 0 Å². The van der Waals surface area contributed by atoms with Crippen LogP contribution in [-0.2, 0) is 11.3 Å². The first-order valence-electron chi connectivity index (χ1n) is 8.02. The summed E-state index contributed by atoms with van der Waals surface area (Å²) in [5.74, 6) is 0.411. The molecule has 5 heteroatoms. The number of hydrogen-bond acceptors (Lipinski definition) is 3. The van der Waals surface area contributed by atoms with Gasteiger partial charge in [-0.25, -0.2) is 4.79 Å². The number of nitrogens with one attached hydrogen (secondary N) is 2. The van der Waals surface area contributed by atoms with Crippen LogP contribution < -0.4 is 10.6 Å². The van der Waals surface area contributed by atoms with Crippen molar-refractivity contribution < 1.29 is 9.53 Å². The average Bonchev–Trinajstić information content (AvgIpc) is 2.50. The number of anilines is 1. The van der Waals surface area contributed by atoms with Crippen LogP contribution in [0.3, 0.4) is 0 Å². The summed E-state index contributed by atoms with van der Waals surface area (Å²) < 4.78 is 5.38. The predicted octanol–water partition coefficient (Wildman–Crippen LogP) is 2.68. The molecule has 1 heterocycles. The molecule has 1 fully saturated rings. The molecule has 1 aliphatic rings. The normalized spacial score (nSPS) is 17.3. The Morgan fingerprint density at radius 1 is 1.23 bits per heavy atom. The van der Waals surface area contributed by atoms with Gasteiger partial charge in [-0.15, -0.1) is 0 Å². The Morgan fingerprint density at radius 3 is 2.59 bits per heavy atom. The Balaban J connectivity index is 1.96. The van der Waals surface area contributed by atoms with Crippen LogP contribution in [0.4, 0.5) is 10.5 Å². The Hall–Kier alpha value is -1.59. The summed E-state index contributed by atoms with van der Waals surface area (Å²) in [6.07, 6.45) is 0. The number of carbonyl (C=O) groups is 1. The van der Waals surface area contributed by atoms with Crippen LogP contribution in [0, 0.1) is 5.92 Å². The fourth-order valence-corrected chi connectivity index (χ4v) is 2.31. The summed E-state index contributed by atoms with van der Waals surface area (Å²) in [6.45, 7) is 10.5. The van der Waals surface area contributed by atoms with Gasteiger partial charge in [0.2, 0.25) is 0 Å². The van der Waals surface area contributed by atoms with Crippen LogP contribution in [0.2, 0.25) is 0 Å². The van der Waals surface area contributed by atoms with Crippen molar-refractivity contribution in [2.75, 3.05) is 31.6 Å². The fraction of sp³-hybridized carbons (Fsp3) is 0.588. The van der Waals surface area contributed by atoms with Crippen molar-refractivity contribution in [3.8, 4) is 0 Å². The summed E-state index contributed by atoms with van der Waals surface area (Å²) in [6, 6.07) is 7.98. The molecule has 122 valence electrons. The summed E-state index contributed by atoms with van der Waals surface area (Å²) >= 11 is 0. The molecule has 0 spiro atoms. The van der Waals surface area contributed by atoms with E-state index in [9.17, 15) is 4.79 Å². The lowest BCUT2D eigenvalue weighted by Gasteiger charge is -2.27. The highest BCUT2D eigenvalue weighted by atomic mass is 16.5. The summed E-state index contributed by atoms with van der Waals surface area (Å²) in [5.41, 5.74) is 2.01. The van der Waals surface area contributed by atoms with Crippen molar-refractivity contribution in [2.45, 2.75) is 33.4 Å². The molecule has 0 radical (unpaired) electrons. The molecule has 2 N–H and O–H groups in total. The second-order valence-electron chi connectivity index (χ2n) is 6.18. The van der Waals surface area contributed by atoms with Crippen molar-refractivity contribution in [3.63, 3.8) is 0 Å². The van der Waals surface area contributed by atoms with E-state index in [0.29, 0.717) is 5.92 Å². The first-order chi connectivity index (χ1) is 10.6. The maximum Gasteiger partial charge on any atom is 0.319 e. The molecule has 5 nitrogen and oxygen atoms in total. The van der Waals surface area contributed by atoms with Gasteiger partial charge in [0, 0.05) is 31.4 Å². The largest absolute Gasteiger partial charge is 0.379 e. The number of hydrogen-bond donors (Lipinski definition) is 2. The molecule has 1 aromatic rings. The third-order valence-electron chi connectivity index (χ3n) is 4.12. The van der Waals surface area contributed by atoms with Crippen molar-refractivity contribution >= 4 is 11.7 Å². The van der Waals surface area contributed by atoms with Crippen molar-refractivity contribution in [2.24, 2.45) is 5.92 Å². The Kier molecular flexibility index (Phi) is 6.21. The standard InChI is InChI=1S/C17H27N3O2/c1-13(2)14(3)18-17(21)19-16-7-5-4-6-15(16)12-20-8-10-22-11-9-20/h4-7,13-14H,8-12H2,1-3H3,(H2,18,19,21)/t14-/m0/s1. The van der Waals surface area contributed by atoms with E-state index in [1.54, 1.807) is 0 Å². The fourth-order valence-electron chi connectivity index (χ4n) is 2.31. The van der Waals surface area contributed by atoms with Gasteiger partial charge in [0.05, 0.1) is 13.2 Å². The molecule has 22 heavy (non-hydrogen) atoms. The third-order valence-corrected chi connectivity index (χ3v) is 4.12. The van der Waals surface area contributed by atoms with Crippen molar-refractivity contribution in [1.82, 2.24) is 10.2 Å². The minimum absolute atomic E-state index is 0.143. The van der Waals surface area contributed by atoms with Gasteiger partial charge in [-0.1, -0.05) is 32.0 Å². The van der Waals surface area contributed by atoms with Crippen molar-refractivity contribution in [3.05, 3.63) is 29.8 Å². The van der Waals surface area contributed by atoms with E-state index < -0.39 is 0 Å². The minimum atomic E-state index is -0.143. The highest BCUT2D eigenvalue weighted by Crippen LogP contribution is 2.18. The molecule has 0 unspecified atom stereocenters. The second-order valence-corrected chi connectivity index (χ2v) is 6.18. The van der Waals surface area contributed by atoms with E-state index in [1.807, 2.05) is 25.1 Å². The van der Waals surface area contributed by atoms with Crippen molar-refractivity contribution in [1.29, 1.82) is 0 Å². The lowest BCUT2D eigenvalue weighted by atomic mass is 10.1. The molecule has 1 aliphatic heterocycles. The predicted molar refractivity (Wildman–Crippen MR) is 89.0 cm³/mol. The molecule has 1 saturated heterocycles. The van der Waals surface area contributed by atoms with Gasteiger partial charge in [0.15, 0.2) is 0 Å². The van der Waals surface area contributed by atoms with E-state index in [-0.39, 0.29) is 12.1 Å². The average molecular weight is 305 g/mol. The monoisotopic (exact) mass is 305 g/mol. The van der Waals surface area contributed by atoms with Crippen LogP contribution in [0.5, 0.6) is 0 Å². The van der Waals surface area contributed by atoms with Crippen LogP contribution >= 0.6 is 0 Å². The molecular formula is C17H27N3O2. The van der Waals surface area contributed by atoms with E-state index >= 15 is 0 Å². The van der Waals surface area contributed by atoms with Gasteiger partial charge in [-0.3, -0.25) is 4.90 Å². The van der Waals surface area contributed by atoms with E-state index in [0.717, 1.165) is 44.1 Å². The van der Waals surface area contributed by atoms with Crippen LogP contribution in [-0.4, -0.2) is 43.3 Å². The van der Waals surface area contributed by atoms with Gasteiger partial charge in [-0.2, -0.15) is 0 Å². The van der Waals surface area contributed by atoms with Crippen LogP contribution in [0.1, 0.15) is 26.3 Å². The number of nitrogens with zero attached hydrogens (tertiary/aromatic N) is 1. The minimum Gasteiger partial charge on any atom is -0.379 e. The number of ether oxygens (including phenoxy) is 1. The number of rotatable bonds is 5. The molecule has 0 aromatic heterocycles. The van der Waals surface area contributed by atoms with E-state index in [4.69, 9.17) is 4.74 Å². The molecule has 1 atom stereocenters. The van der Waals surface area contributed by atoms with Gasteiger partial charge < -0.3 is 15.4 Å². The Labute approximate surface area is 133 Å². The summed E-state index contributed by atoms with van der Waals surface area (Å²) in [4.78, 5) is 14.5. The highest BCUT2D eigenvalue weighted by Gasteiger charge is 2.15. The quantitative estimate of drug-likeness (QED) is 0.879. The number of morpholine rings is 1. The number of benzene rings is 1. The van der Waals surface area contributed by atoms with Crippen LogP contribution in [0.15, 0.2) is 24.3 Å². The van der Waals surface area contributed by atoms with Gasteiger partial charge in [0.1, 0.15) is 0 Å². The molecule has 2 amide bonds. The molecule has 1 aromatic carbocycles. The molecular weight excluding hydrogens is 278 g/mol. The number of amides is 2. The zero-order chi connectivity index (χ0) is 15.9. The first-order valence-corrected chi connectivity index (χ1v) is 8.02. The lowest BCUT2D eigenvalue weighted by Crippen LogP contribution is -2.39. The van der Waals surface area contributed by atoms with Gasteiger partial charge >= 0.3 is 6.03 Å². The SMILES string of the molecule is CC(C)[C@H](C)NC(=O)Nc1ccccc1CN1CCOCC1. The first kappa shape index (κ1) is 16.8. The highest BCUT2D eigenvalue weighted by molar-refractivity contribution is 5.90. The number of para-hydroxylation sites is 1. The molecule has 2 rings (SSSR count). The van der Waals surface area contributed by atoms with Crippen LogP contribution in [0.25, 0.3) is 0 Å². The molecule has 0 aliphatic carbocycles. The Morgan fingerprint density at radius 2 is 1.91 bits per heavy atom. The summed E-state index contributed by atoms with van der Waals surface area (Å²) in [5, 5.41) is 5.95. The maximum absolute atomic E-state index is 12.1. The number of carbonyl (C=O) groups excluding carboxylic acids is 1.